The smallest absolute Gasteiger partial charge is 0.309 e. The van der Waals surface area contributed by atoms with Crippen LogP contribution in [0.5, 0.6) is 0 Å². The fourth-order valence-corrected chi connectivity index (χ4v) is 9.63. The van der Waals surface area contributed by atoms with Crippen molar-refractivity contribution in [2.45, 2.75) is 94.2 Å². The van der Waals surface area contributed by atoms with Gasteiger partial charge in [0.2, 0.25) is 0 Å². The molecule has 0 aromatic heterocycles. The number of carbonyl (C=O) groups is 3. The monoisotopic (exact) mass is 430 g/mol. The van der Waals surface area contributed by atoms with Crippen LogP contribution in [0.25, 0.3) is 0 Å². The van der Waals surface area contributed by atoms with E-state index in [0.29, 0.717) is 19.3 Å². The number of esters is 2. The molecule has 0 bridgehead atoms. The minimum Gasteiger partial charge on any atom is -0.469 e. The van der Waals surface area contributed by atoms with Gasteiger partial charge in [-0.2, -0.15) is 0 Å². The van der Waals surface area contributed by atoms with Crippen molar-refractivity contribution in [1.82, 2.24) is 0 Å². The molecule has 4 aliphatic carbocycles. The van der Waals surface area contributed by atoms with Gasteiger partial charge in [-0.05, 0) is 44.4 Å². The summed E-state index contributed by atoms with van der Waals surface area (Å²) in [4.78, 5) is 37.9. The maximum atomic E-state index is 13.2. The molecule has 7 nitrogen and oxygen atoms in total. The fourth-order valence-electron chi connectivity index (χ4n) is 9.63. The predicted octanol–water partition coefficient (Wildman–Crippen LogP) is 2.34. The number of hydrogen-bond donors (Lipinski definition) is 0. The lowest BCUT2D eigenvalue weighted by atomic mass is 9.41. The van der Waals surface area contributed by atoms with Crippen LogP contribution in [0, 0.1) is 28.6 Å². The molecule has 0 aromatic rings. The third-order valence-electron chi connectivity index (χ3n) is 11.2. The van der Waals surface area contributed by atoms with Crippen molar-refractivity contribution in [3.05, 3.63) is 0 Å². The first kappa shape index (κ1) is 19.0. The SMILES string of the molecule is COC(=O)C1CC23OC2C(=O)CCC3(C)C23OC2CC2(C)C(CCC24CCC(=O)O4)C13. The van der Waals surface area contributed by atoms with Gasteiger partial charge in [0.1, 0.15) is 22.9 Å². The van der Waals surface area contributed by atoms with Crippen LogP contribution in [0.15, 0.2) is 0 Å². The quantitative estimate of drug-likeness (QED) is 0.465. The maximum Gasteiger partial charge on any atom is 0.309 e. The second-order valence-corrected chi connectivity index (χ2v) is 11.7. The lowest BCUT2D eigenvalue weighted by molar-refractivity contribution is -0.184. The van der Waals surface area contributed by atoms with Crippen molar-refractivity contribution < 1.29 is 33.3 Å². The highest BCUT2D eigenvalue weighted by Gasteiger charge is 2.91. The third kappa shape index (κ3) is 1.77. The Morgan fingerprint density at radius 1 is 1.06 bits per heavy atom. The Hall–Kier alpha value is -1.47. The van der Waals surface area contributed by atoms with Crippen LogP contribution in [0.4, 0.5) is 0 Å². The van der Waals surface area contributed by atoms with Crippen LogP contribution in [0.2, 0.25) is 0 Å². The van der Waals surface area contributed by atoms with Gasteiger partial charge in [-0.3, -0.25) is 14.4 Å². The van der Waals surface area contributed by atoms with E-state index in [-0.39, 0.29) is 52.4 Å². The van der Waals surface area contributed by atoms with Crippen molar-refractivity contribution in [1.29, 1.82) is 0 Å². The number of epoxide rings is 2. The van der Waals surface area contributed by atoms with E-state index in [9.17, 15) is 14.4 Å². The van der Waals surface area contributed by atoms with Crippen molar-refractivity contribution in [2.24, 2.45) is 28.6 Å². The first-order valence-corrected chi connectivity index (χ1v) is 11.9. The summed E-state index contributed by atoms with van der Waals surface area (Å²) < 4.78 is 24.2. The van der Waals surface area contributed by atoms with Crippen LogP contribution in [-0.4, -0.2) is 53.8 Å². The zero-order valence-electron chi connectivity index (χ0n) is 18.4. The average Bonchev–Trinajstić information content (AvgIpc) is 3.59. The summed E-state index contributed by atoms with van der Waals surface area (Å²) in [6, 6.07) is 0. The van der Waals surface area contributed by atoms with Crippen LogP contribution in [-0.2, 0) is 33.3 Å². The largest absolute Gasteiger partial charge is 0.469 e. The molecule has 168 valence electrons. The van der Waals surface area contributed by atoms with E-state index >= 15 is 0 Å². The number of carbonyl (C=O) groups excluding carboxylic acids is 3. The van der Waals surface area contributed by atoms with Gasteiger partial charge in [0, 0.05) is 29.6 Å². The number of methoxy groups -OCH3 is 1. The molecule has 10 atom stereocenters. The van der Waals surface area contributed by atoms with E-state index in [0.717, 1.165) is 32.1 Å². The Morgan fingerprint density at radius 3 is 2.58 bits per heavy atom. The molecule has 10 unspecified atom stereocenters. The molecule has 0 amide bonds. The highest BCUT2D eigenvalue weighted by Crippen LogP contribution is 2.82. The molecule has 7 rings (SSSR count). The molecule has 7 fully saturated rings. The number of rotatable bonds is 1. The van der Waals surface area contributed by atoms with Gasteiger partial charge in [0.15, 0.2) is 5.78 Å². The minimum atomic E-state index is -0.601. The van der Waals surface area contributed by atoms with Crippen molar-refractivity contribution >= 4 is 17.7 Å². The van der Waals surface area contributed by atoms with E-state index < -0.39 is 22.9 Å². The Bertz CT molecular complexity index is 946. The summed E-state index contributed by atoms with van der Waals surface area (Å²) in [5, 5.41) is 0. The van der Waals surface area contributed by atoms with Gasteiger partial charge in [0.25, 0.3) is 0 Å². The Labute approximate surface area is 181 Å². The predicted molar refractivity (Wildman–Crippen MR) is 105 cm³/mol. The number of ether oxygens (including phenoxy) is 4. The molecule has 4 saturated carbocycles. The van der Waals surface area contributed by atoms with Crippen LogP contribution >= 0.6 is 0 Å². The molecule has 3 heterocycles. The van der Waals surface area contributed by atoms with Crippen LogP contribution < -0.4 is 0 Å². The molecule has 7 aliphatic rings. The summed E-state index contributed by atoms with van der Waals surface area (Å²) >= 11 is 0. The maximum absolute atomic E-state index is 13.2. The normalized spacial score (nSPS) is 60.3. The zero-order chi connectivity index (χ0) is 21.6. The number of Topliss-reactive ketones (excluding diaryl/α,β-unsaturated/α-hetero) is 1. The second-order valence-electron chi connectivity index (χ2n) is 11.7. The van der Waals surface area contributed by atoms with Gasteiger partial charge in [0.05, 0.1) is 19.1 Å². The molecule has 3 saturated heterocycles. The van der Waals surface area contributed by atoms with Gasteiger partial charge in [-0.25, -0.2) is 0 Å². The van der Waals surface area contributed by atoms with E-state index in [1.807, 2.05) is 0 Å². The molecule has 7 heteroatoms. The Balaban J connectivity index is 1.37. The van der Waals surface area contributed by atoms with Gasteiger partial charge >= 0.3 is 11.9 Å². The van der Waals surface area contributed by atoms with Crippen LogP contribution in [0.1, 0.15) is 65.2 Å². The molecule has 3 aliphatic heterocycles. The van der Waals surface area contributed by atoms with E-state index in [4.69, 9.17) is 18.9 Å². The summed E-state index contributed by atoms with van der Waals surface area (Å²) in [5.41, 5.74) is -2.00. The van der Waals surface area contributed by atoms with Gasteiger partial charge < -0.3 is 18.9 Å². The van der Waals surface area contributed by atoms with E-state index in [2.05, 4.69) is 13.8 Å². The second kappa shape index (κ2) is 5.19. The fraction of sp³-hybridized carbons (Fsp3) is 0.875. The lowest BCUT2D eigenvalue weighted by Crippen LogP contribution is -2.68. The van der Waals surface area contributed by atoms with Crippen molar-refractivity contribution in [3.8, 4) is 0 Å². The van der Waals surface area contributed by atoms with Gasteiger partial charge in [-0.1, -0.05) is 13.8 Å². The highest BCUT2D eigenvalue weighted by molar-refractivity contribution is 5.89. The number of ketones is 1. The van der Waals surface area contributed by atoms with Crippen molar-refractivity contribution in [3.63, 3.8) is 0 Å². The molecule has 31 heavy (non-hydrogen) atoms. The summed E-state index contributed by atoms with van der Waals surface area (Å²) in [6.45, 7) is 4.50. The topological polar surface area (TPSA) is 94.7 Å². The average molecular weight is 430 g/mol. The molecular formula is C24H30O7. The first-order valence-electron chi connectivity index (χ1n) is 11.9. The Kier molecular flexibility index (Phi) is 3.19. The summed E-state index contributed by atoms with van der Waals surface area (Å²) in [5.74, 6) is -0.325. The standard InChI is InChI=1S/C24H30O7/c1-20-11-15-24(29-15)17(13(20)4-8-22(20)9-6-16(26)30-22)12(19(27)28-3)10-23-18(31-23)14(25)5-7-21(23,24)2/h12-13,15,17-18H,4-11H2,1-3H3. The Morgan fingerprint density at radius 2 is 1.87 bits per heavy atom. The van der Waals surface area contributed by atoms with E-state index in [1.54, 1.807) is 0 Å². The zero-order valence-corrected chi connectivity index (χ0v) is 18.4. The minimum absolute atomic E-state index is 0.000380. The van der Waals surface area contributed by atoms with Crippen LogP contribution in [0.3, 0.4) is 0 Å². The number of fused-ring (bicyclic) bond motifs is 3. The van der Waals surface area contributed by atoms with Gasteiger partial charge in [-0.15, -0.1) is 0 Å². The molecule has 0 aromatic carbocycles. The highest BCUT2D eigenvalue weighted by atomic mass is 16.6. The van der Waals surface area contributed by atoms with Crippen molar-refractivity contribution in [2.75, 3.05) is 7.11 Å². The lowest BCUT2D eigenvalue weighted by Gasteiger charge is -2.59. The van der Waals surface area contributed by atoms with E-state index in [1.165, 1.54) is 7.11 Å². The molecule has 0 radical (unpaired) electrons. The summed E-state index contributed by atoms with van der Waals surface area (Å²) in [6.07, 6.45) is 5.22. The molecular weight excluding hydrogens is 400 g/mol. The molecule has 3 spiro atoms. The summed E-state index contributed by atoms with van der Waals surface area (Å²) in [7, 11) is 1.44. The first-order chi connectivity index (χ1) is 14.7. The number of hydrogen-bond acceptors (Lipinski definition) is 7. The third-order valence-corrected chi connectivity index (χ3v) is 11.2. The molecule has 0 N–H and O–H groups in total.